The molecular formula is C11H17NO4. The van der Waals surface area contributed by atoms with Gasteiger partial charge in [-0.05, 0) is 38.5 Å². The van der Waals surface area contributed by atoms with Crippen LogP contribution in [-0.2, 0) is 14.3 Å². The molecule has 5 nitrogen and oxygen atoms in total. The molecule has 2 rings (SSSR count). The minimum Gasteiger partial charge on any atom is -0.479 e. The monoisotopic (exact) mass is 227 g/mol. The van der Waals surface area contributed by atoms with Gasteiger partial charge in [0.1, 0.15) is 6.10 Å². The summed E-state index contributed by atoms with van der Waals surface area (Å²) in [5.41, 5.74) is 0. The minimum absolute atomic E-state index is 0.164. The van der Waals surface area contributed by atoms with Crippen LogP contribution < -0.4 is 5.32 Å². The Balaban J connectivity index is 1.79. The van der Waals surface area contributed by atoms with Crippen molar-refractivity contribution in [2.75, 3.05) is 0 Å². The fraction of sp³-hybridized carbons (Fsp3) is 0.818. The van der Waals surface area contributed by atoms with Gasteiger partial charge in [0.05, 0.1) is 0 Å². The van der Waals surface area contributed by atoms with Crippen LogP contribution in [0.2, 0.25) is 0 Å². The van der Waals surface area contributed by atoms with Crippen molar-refractivity contribution >= 4 is 11.9 Å². The second-order valence-electron chi connectivity index (χ2n) is 4.66. The summed E-state index contributed by atoms with van der Waals surface area (Å²) in [6, 6.07) is 0.181. The lowest BCUT2D eigenvalue weighted by atomic mass is 10.1. The third kappa shape index (κ3) is 2.52. The fourth-order valence-corrected chi connectivity index (χ4v) is 2.04. The van der Waals surface area contributed by atoms with E-state index >= 15 is 0 Å². The molecule has 3 atom stereocenters. The van der Waals surface area contributed by atoms with Crippen molar-refractivity contribution in [1.29, 1.82) is 0 Å². The average Bonchev–Trinajstić information content (AvgIpc) is 2.95. The first kappa shape index (κ1) is 11.4. The normalized spacial score (nSPS) is 31.1. The minimum atomic E-state index is -0.981. The number of carbonyl (C=O) groups excluding carboxylic acids is 1. The third-order valence-corrected chi connectivity index (χ3v) is 3.29. The van der Waals surface area contributed by atoms with Crippen molar-refractivity contribution < 1.29 is 19.4 Å². The second-order valence-corrected chi connectivity index (χ2v) is 4.66. The van der Waals surface area contributed by atoms with E-state index in [9.17, 15) is 9.59 Å². The number of carboxylic acid groups (broad SMARTS) is 1. The summed E-state index contributed by atoms with van der Waals surface area (Å²) in [7, 11) is 0. The summed E-state index contributed by atoms with van der Waals surface area (Å²) in [6.45, 7) is 1.99. The maximum Gasteiger partial charge on any atom is 0.332 e. The highest BCUT2D eigenvalue weighted by molar-refractivity contribution is 5.82. The number of rotatable bonds is 4. The second kappa shape index (κ2) is 4.41. The molecule has 3 unspecified atom stereocenters. The van der Waals surface area contributed by atoms with Crippen molar-refractivity contribution in [3.63, 3.8) is 0 Å². The number of amides is 1. The van der Waals surface area contributed by atoms with Crippen LogP contribution in [0.4, 0.5) is 0 Å². The van der Waals surface area contributed by atoms with Gasteiger partial charge < -0.3 is 15.2 Å². The molecule has 0 aromatic carbocycles. The lowest BCUT2D eigenvalue weighted by Gasteiger charge is -2.16. The van der Waals surface area contributed by atoms with Crippen LogP contribution in [0.3, 0.4) is 0 Å². The van der Waals surface area contributed by atoms with Gasteiger partial charge in [0.2, 0.25) is 5.91 Å². The van der Waals surface area contributed by atoms with Crippen LogP contribution in [-0.4, -0.2) is 35.2 Å². The molecule has 0 bridgehead atoms. The predicted molar refractivity (Wildman–Crippen MR) is 55.9 cm³/mol. The standard InChI is InChI=1S/C11H17NO4/c1-6(7-2-3-7)12-10(13)8-4-5-9(16-8)11(14)15/h6-9H,2-5H2,1H3,(H,12,13)(H,14,15). The molecule has 16 heavy (non-hydrogen) atoms. The molecule has 5 heteroatoms. The SMILES string of the molecule is CC(NC(=O)C1CCC(C(=O)O)O1)C1CC1. The number of carbonyl (C=O) groups is 2. The zero-order valence-corrected chi connectivity index (χ0v) is 9.31. The van der Waals surface area contributed by atoms with Crippen LogP contribution >= 0.6 is 0 Å². The Morgan fingerprint density at radius 1 is 1.25 bits per heavy atom. The van der Waals surface area contributed by atoms with Crippen LogP contribution in [0, 0.1) is 5.92 Å². The van der Waals surface area contributed by atoms with Crippen molar-refractivity contribution in [1.82, 2.24) is 5.32 Å². The van der Waals surface area contributed by atoms with Gasteiger partial charge in [0.15, 0.2) is 6.10 Å². The average molecular weight is 227 g/mol. The number of nitrogens with one attached hydrogen (secondary N) is 1. The first-order valence-corrected chi connectivity index (χ1v) is 5.76. The summed E-state index contributed by atoms with van der Waals surface area (Å²) >= 11 is 0. The lowest BCUT2D eigenvalue weighted by molar-refractivity contribution is -0.151. The van der Waals surface area contributed by atoms with Crippen molar-refractivity contribution in [3.05, 3.63) is 0 Å². The van der Waals surface area contributed by atoms with Crippen LogP contribution in [0.15, 0.2) is 0 Å². The first-order valence-electron chi connectivity index (χ1n) is 5.76. The van der Waals surface area contributed by atoms with Gasteiger partial charge in [-0.1, -0.05) is 0 Å². The number of ether oxygens (including phenoxy) is 1. The Kier molecular flexibility index (Phi) is 3.14. The first-order chi connectivity index (χ1) is 7.58. The number of aliphatic carboxylic acids is 1. The molecule has 1 saturated heterocycles. The molecule has 0 aromatic heterocycles. The highest BCUT2D eigenvalue weighted by Gasteiger charge is 2.36. The highest BCUT2D eigenvalue weighted by Crippen LogP contribution is 2.32. The Morgan fingerprint density at radius 3 is 2.38 bits per heavy atom. The molecular weight excluding hydrogens is 210 g/mol. The van der Waals surface area contributed by atoms with E-state index in [2.05, 4.69) is 5.32 Å². The van der Waals surface area contributed by atoms with Gasteiger partial charge in [-0.15, -0.1) is 0 Å². The van der Waals surface area contributed by atoms with Gasteiger partial charge >= 0.3 is 5.97 Å². The van der Waals surface area contributed by atoms with E-state index in [1.807, 2.05) is 6.92 Å². The van der Waals surface area contributed by atoms with E-state index in [-0.39, 0.29) is 11.9 Å². The molecule has 2 N–H and O–H groups in total. The van der Waals surface area contributed by atoms with Crippen molar-refractivity contribution in [2.24, 2.45) is 5.92 Å². The molecule has 2 aliphatic rings. The molecule has 0 radical (unpaired) electrons. The van der Waals surface area contributed by atoms with E-state index in [4.69, 9.17) is 9.84 Å². The van der Waals surface area contributed by atoms with Gasteiger partial charge in [0, 0.05) is 6.04 Å². The summed E-state index contributed by atoms with van der Waals surface area (Å²) in [4.78, 5) is 22.4. The fourth-order valence-electron chi connectivity index (χ4n) is 2.04. The molecule has 1 aliphatic heterocycles. The summed E-state index contributed by atoms with van der Waals surface area (Å²) in [5.74, 6) is -0.547. The predicted octanol–water partition coefficient (Wildman–Crippen LogP) is 0.533. The van der Waals surface area contributed by atoms with Crippen LogP contribution in [0.1, 0.15) is 32.6 Å². The summed E-state index contributed by atoms with van der Waals surface area (Å²) < 4.78 is 5.17. The van der Waals surface area contributed by atoms with E-state index < -0.39 is 18.2 Å². The molecule has 1 amide bonds. The van der Waals surface area contributed by atoms with Crippen LogP contribution in [0.5, 0.6) is 0 Å². The smallest absolute Gasteiger partial charge is 0.332 e. The Labute approximate surface area is 94.2 Å². The van der Waals surface area contributed by atoms with Gasteiger partial charge in [-0.25, -0.2) is 4.79 Å². The Morgan fingerprint density at radius 2 is 1.88 bits per heavy atom. The third-order valence-electron chi connectivity index (χ3n) is 3.29. The van der Waals surface area contributed by atoms with Crippen LogP contribution in [0.25, 0.3) is 0 Å². The van der Waals surface area contributed by atoms with E-state index in [0.717, 1.165) is 0 Å². The van der Waals surface area contributed by atoms with E-state index in [1.165, 1.54) is 12.8 Å². The molecule has 1 saturated carbocycles. The van der Waals surface area contributed by atoms with E-state index in [0.29, 0.717) is 18.8 Å². The van der Waals surface area contributed by atoms with Gasteiger partial charge in [-0.2, -0.15) is 0 Å². The maximum absolute atomic E-state index is 11.7. The topological polar surface area (TPSA) is 75.6 Å². The summed E-state index contributed by atoms with van der Waals surface area (Å²) in [5, 5.41) is 11.6. The zero-order valence-electron chi connectivity index (χ0n) is 9.31. The van der Waals surface area contributed by atoms with Gasteiger partial charge in [0.25, 0.3) is 0 Å². The van der Waals surface area contributed by atoms with Gasteiger partial charge in [-0.3, -0.25) is 4.79 Å². The molecule has 2 fully saturated rings. The highest BCUT2D eigenvalue weighted by atomic mass is 16.5. The van der Waals surface area contributed by atoms with Crippen molar-refractivity contribution in [3.8, 4) is 0 Å². The van der Waals surface area contributed by atoms with E-state index in [1.54, 1.807) is 0 Å². The largest absolute Gasteiger partial charge is 0.479 e. The molecule has 0 spiro atoms. The number of carboxylic acids is 1. The molecule has 1 heterocycles. The Hall–Kier alpha value is -1.10. The molecule has 1 aliphatic carbocycles. The zero-order chi connectivity index (χ0) is 11.7. The maximum atomic E-state index is 11.7. The quantitative estimate of drug-likeness (QED) is 0.734. The molecule has 90 valence electrons. The van der Waals surface area contributed by atoms with Crippen molar-refractivity contribution in [2.45, 2.75) is 50.9 Å². The Bertz CT molecular complexity index is 300. The molecule has 0 aromatic rings. The number of hydrogen-bond acceptors (Lipinski definition) is 3. The lowest BCUT2D eigenvalue weighted by Crippen LogP contribution is -2.41. The summed E-state index contributed by atoms with van der Waals surface area (Å²) in [6.07, 6.45) is 1.87. The number of hydrogen-bond donors (Lipinski definition) is 2.